The molecule has 1 heterocycles. The number of rotatable bonds is 1. The second-order valence-corrected chi connectivity index (χ2v) is 5.27. The Hall–Kier alpha value is -1.07. The van der Waals surface area contributed by atoms with E-state index in [1.165, 1.54) is 11.3 Å². The molecule has 0 radical (unpaired) electrons. The molecular weight excluding hydrogens is 254 g/mol. The fourth-order valence-electron chi connectivity index (χ4n) is 2.01. The predicted molar refractivity (Wildman–Crippen MR) is 74.2 cm³/mol. The minimum Gasteiger partial charge on any atom is -0.423 e. The van der Waals surface area contributed by atoms with Crippen molar-refractivity contribution in [2.24, 2.45) is 0 Å². The van der Waals surface area contributed by atoms with Gasteiger partial charge in [0.1, 0.15) is 0 Å². The fourth-order valence-corrected chi connectivity index (χ4v) is 3.59. The Morgan fingerprint density at radius 1 is 1.06 bits per heavy atom. The van der Waals surface area contributed by atoms with Gasteiger partial charge in [-0.2, -0.15) is 0 Å². The van der Waals surface area contributed by atoms with Crippen LogP contribution in [-0.2, 0) is 0 Å². The van der Waals surface area contributed by atoms with Crippen LogP contribution in [0.25, 0.3) is 20.2 Å². The van der Waals surface area contributed by atoms with Crippen LogP contribution in [-0.4, -0.2) is 17.2 Å². The van der Waals surface area contributed by atoms with Crippen molar-refractivity contribution in [3.05, 3.63) is 41.4 Å². The highest BCUT2D eigenvalue weighted by atomic mass is 35.5. The van der Waals surface area contributed by atoms with Gasteiger partial charge in [0, 0.05) is 30.7 Å². The Morgan fingerprint density at radius 3 is 2.59 bits per heavy atom. The molecule has 0 saturated heterocycles. The molecule has 2 N–H and O–H groups in total. The summed E-state index contributed by atoms with van der Waals surface area (Å²) in [7, 11) is -1.47. The number of benzene rings is 2. The Balaban J connectivity index is 2.54. The van der Waals surface area contributed by atoms with Crippen LogP contribution in [0.3, 0.4) is 0 Å². The van der Waals surface area contributed by atoms with E-state index < -0.39 is 7.12 Å². The first kappa shape index (κ1) is 11.0. The lowest BCUT2D eigenvalue weighted by atomic mass is 9.80. The van der Waals surface area contributed by atoms with E-state index in [4.69, 9.17) is 11.6 Å². The average molecular weight is 263 g/mol. The SMILES string of the molecule is OB(O)c1ccc(Cl)c2c1sc1ccccc12. The largest absolute Gasteiger partial charge is 0.489 e. The minimum atomic E-state index is -1.47. The Bertz CT molecular complexity index is 708. The summed E-state index contributed by atoms with van der Waals surface area (Å²) in [5.41, 5.74) is 0.505. The molecule has 0 aliphatic heterocycles. The standard InChI is InChI=1S/C12H8BClO2S/c14-9-6-5-8(13(15)16)12-11(9)7-3-1-2-4-10(7)17-12/h1-6,15-16H. The molecule has 0 saturated carbocycles. The van der Waals surface area contributed by atoms with Crippen molar-refractivity contribution in [2.75, 3.05) is 0 Å². The van der Waals surface area contributed by atoms with Gasteiger partial charge in [-0.3, -0.25) is 0 Å². The number of fused-ring (bicyclic) bond motifs is 3. The van der Waals surface area contributed by atoms with Crippen molar-refractivity contribution in [2.45, 2.75) is 0 Å². The quantitative estimate of drug-likeness (QED) is 0.661. The summed E-state index contributed by atoms with van der Waals surface area (Å²) in [6.07, 6.45) is 0. The molecule has 0 amide bonds. The lowest BCUT2D eigenvalue weighted by Gasteiger charge is -2.02. The van der Waals surface area contributed by atoms with Gasteiger partial charge in [-0.05, 0) is 12.1 Å². The summed E-state index contributed by atoms with van der Waals surface area (Å²) in [5.74, 6) is 0. The van der Waals surface area contributed by atoms with E-state index in [1.807, 2.05) is 24.3 Å². The Kier molecular flexibility index (Phi) is 2.60. The molecule has 17 heavy (non-hydrogen) atoms. The number of hydrogen-bond acceptors (Lipinski definition) is 3. The third-order valence-electron chi connectivity index (χ3n) is 2.78. The second kappa shape index (κ2) is 4.00. The molecule has 0 aliphatic carbocycles. The van der Waals surface area contributed by atoms with E-state index in [0.717, 1.165) is 20.2 Å². The van der Waals surface area contributed by atoms with Crippen molar-refractivity contribution >= 4 is 55.7 Å². The lowest BCUT2D eigenvalue weighted by Crippen LogP contribution is -2.29. The highest BCUT2D eigenvalue weighted by Crippen LogP contribution is 2.36. The van der Waals surface area contributed by atoms with E-state index in [0.29, 0.717) is 10.5 Å². The van der Waals surface area contributed by atoms with E-state index in [2.05, 4.69) is 0 Å². The Labute approximate surface area is 107 Å². The first-order chi connectivity index (χ1) is 8.18. The summed E-state index contributed by atoms with van der Waals surface area (Å²) in [6, 6.07) is 11.3. The second-order valence-electron chi connectivity index (χ2n) is 3.81. The van der Waals surface area contributed by atoms with Crippen LogP contribution in [0.1, 0.15) is 0 Å². The van der Waals surface area contributed by atoms with Gasteiger partial charge >= 0.3 is 7.12 Å². The van der Waals surface area contributed by atoms with Crippen LogP contribution in [0.5, 0.6) is 0 Å². The summed E-state index contributed by atoms with van der Waals surface area (Å²) >= 11 is 7.72. The molecule has 2 nitrogen and oxygen atoms in total. The first-order valence-corrected chi connectivity index (χ1v) is 6.33. The van der Waals surface area contributed by atoms with Crippen LogP contribution in [0.4, 0.5) is 0 Å². The zero-order valence-corrected chi connectivity index (χ0v) is 10.3. The molecule has 0 fully saturated rings. The summed E-state index contributed by atoms with van der Waals surface area (Å²) < 4.78 is 1.94. The Morgan fingerprint density at radius 2 is 1.82 bits per heavy atom. The topological polar surface area (TPSA) is 40.5 Å². The highest BCUT2D eigenvalue weighted by Gasteiger charge is 2.19. The summed E-state index contributed by atoms with van der Waals surface area (Å²) in [6.45, 7) is 0. The summed E-state index contributed by atoms with van der Waals surface area (Å²) in [5, 5.41) is 21.3. The molecule has 2 aromatic carbocycles. The monoisotopic (exact) mass is 262 g/mol. The molecule has 5 heteroatoms. The predicted octanol–water partition coefficient (Wildman–Crippen LogP) is 2.39. The van der Waals surface area contributed by atoms with Gasteiger partial charge < -0.3 is 10.0 Å². The zero-order valence-electron chi connectivity index (χ0n) is 8.72. The van der Waals surface area contributed by atoms with Gasteiger partial charge in [0.15, 0.2) is 0 Å². The van der Waals surface area contributed by atoms with Crippen LogP contribution in [0.2, 0.25) is 5.02 Å². The molecule has 3 rings (SSSR count). The van der Waals surface area contributed by atoms with E-state index in [1.54, 1.807) is 12.1 Å². The number of hydrogen-bond donors (Lipinski definition) is 2. The van der Waals surface area contributed by atoms with Crippen molar-refractivity contribution in [1.29, 1.82) is 0 Å². The minimum absolute atomic E-state index is 0.505. The highest BCUT2D eigenvalue weighted by molar-refractivity contribution is 7.27. The third-order valence-corrected chi connectivity index (χ3v) is 4.32. The maximum absolute atomic E-state index is 9.36. The maximum Gasteiger partial charge on any atom is 0.489 e. The molecule has 0 spiro atoms. The average Bonchev–Trinajstić information content (AvgIpc) is 2.68. The van der Waals surface area contributed by atoms with Crippen LogP contribution in [0.15, 0.2) is 36.4 Å². The van der Waals surface area contributed by atoms with Crippen molar-refractivity contribution in [1.82, 2.24) is 0 Å². The van der Waals surface area contributed by atoms with E-state index in [-0.39, 0.29) is 0 Å². The molecule has 3 aromatic rings. The van der Waals surface area contributed by atoms with Crippen molar-refractivity contribution in [3.8, 4) is 0 Å². The lowest BCUT2D eigenvalue weighted by molar-refractivity contribution is 0.426. The van der Waals surface area contributed by atoms with Crippen molar-refractivity contribution in [3.63, 3.8) is 0 Å². The van der Waals surface area contributed by atoms with Crippen LogP contribution < -0.4 is 5.46 Å². The van der Waals surface area contributed by atoms with Gasteiger partial charge in [-0.1, -0.05) is 35.9 Å². The number of thiophene rings is 1. The van der Waals surface area contributed by atoms with Gasteiger partial charge in [-0.15, -0.1) is 11.3 Å². The molecule has 1 aromatic heterocycles. The molecule has 0 atom stereocenters. The smallest absolute Gasteiger partial charge is 0.423 e. The molecule has 0 aliphatic rings. The molecule has 0 unspecified atom stereocenters. The molecular formula is C12H8BClO2S. The van der Waals surface area contributed by atoms with E-state index in [9.17, 15) is 10.0 Å². The molecule has 84 valence electrons. The third kappa shape index (κ3) is 1.65. The number of halogens is 1. The zero-order chi connectivity index (χ0) is 12.0. The first-order valence-electron chi connectivity index (χ1n) is 5.14. The van der Waals surface area contributed by atoms with Crippen LogP contribution >= 0.6 is 22.9 Å². The maximum atomic E-state index is 9.36. The van der Waals surface area contributed by atoms with Gasteiger partial charge in [0.05, 0.1) is 0 Å². The van der Waals surface area contributed by atoms with Gasteiger partial charge in [-0.25, -0.2) is 0 Å². The van der Waals surface area contributed by atoms with E-state index >= 15 is 0 Å². The van der Waals surface area contributed by atoms with Gasteiger partial charge in [0.25, 0.3) is 0 Å². The van der Waals surface area contributed by atoms with Gasteiger partial charge in [0.2, 0.25) is 0 Å². The van der Waals surface area contributed by atoms with Crippen LogP contribution in [0, 0.1) is 0 Å². The summed E-state index contributed by atoms with van der Waals surface area (Å²) in [4.78, 5) is 0. The fraction of sp³-hybridized carbons (Fsp3) is 0. The molecule has 0 bridgehead atoms. The van der Waals surface area contributed by atoms with Crippen molar-refractivity contribution < 1.29 is 10.0 Å². The normalized spacial score (nSPS) is 11.2.